The lowest BCUT2D eigenvalue weighted by molar-refractivity contribution is 0.211. The fourth-order valence-corrected chi connectivity index (χ4v) is 2.75. The third-order valence-corrected chi connectivity index (χ3v) is 4.20. The second-order valence-electron chi connectivity index (χ2n) is 3.21. The van der Waals surface area contributed by atoms with Gasteiger partial charge in [0.1, 0.15) is 6.07 Å². The highest BCUT2D eigenvalue weighted by atomic mass is 79.9. The zero-order valence-electron chi connectivity index (χ0n) is 8.48. The molecule has 1 atom stereocenters. The normalized spacial score (nSPS) is 12.0. The van der Waals surface area contributed by atoms with Crippen LogP contribution in [-0.2, 0) is 0 Å². The molecule has 0 saturated carbocycles. The molecule has 0 saturated heterocycles. The number of halogens is 4. The number of benzene rings is 1. The third kappa shape index (κ3) is 3.73. The summed E-state index contributed by atoms with van der Waals surface area (Å²) in [6.45, 7) is 0.245. The van der Waals surface area contributed by atoms with Crippen LogP contribution in [0.1, 0.15) is 5.56 Å². The van der Waals surface area contributed by atoms with E-state index in [-0.39, 0.29) is 12.4 Å². The Morgan fingerprint density at radius 2 is 2.12 bits per heavy atom. The number of hydrogen-bond acceptors (Lipinski definition) is 3. The molecule has 0 amide bonds. The van der Waals surface area contributed by atoms with Gasteiger partial charge in [0.05, 0.1) is 28.3 Å². The Bertz CT molecular complexity index is 463. The first-order valence-electron chi connectivity index (χ1n) is 4.56. The minimum atomic E-state index is -0.683. The van der Waals surface area contributed by atoms with Crippen molar-refractivity contribution in [2.24, 2.45) is 0 Å². The van der Waals surface area contributed by atoms with Crippen LogP contribution in [0.2, 0.25) is 5.02 Å². The SMILES string of the molecule is N#Cc1c(Cl)c(Br)cc(Br)c1NCC(O)CCl. The molecule has 2 N–H and O–H groups in total. The lowest BCUT2D eigenvalue weighted by atomic mass is 10.2. The Hall–Kier alpha value is 0.01000. The van der Waals surface area contributed by atoms with Gasteiger partial charge in [-0.05, 0) is 37.9 Å². The van der Waals surface area contributed by atoms with E-state index in [0.29, 0.717) is 25.2 Å². The maximum absolute atomic E-state index is 9.36. The molecular formula is C10H8Br2Cl2N2O. The van der Waals surface area contributed by atoms with Crippen molar-refractivity contribution in [1.82, 2.24) is 0 Å². The van der Waals surface area contributed by atoms with Crippen molar-refractivity contribution in [2.45, 2.75) is 6.10 Å². The molecule has 0 heterocycles. The molecule has 0 bridgehead atoms. The zero-order chi connectivity index (χ0) is 13.0. The first kappa shape index (κ1) is 15.1. The molecular weight excluding hydrogens is 395 g/mol. The standard InChI is InChI=1S/C10H8Br2Cl2N2O/c11-7-1-8(12)10(6(3-15)9(7)14)16-4-5(17)2-13/h1,5,16-17H,2,4H2. The number of nitrogens with one attached hydrogen (secondary N) is 1. The van der Waals surface area contributed by atoms with Gasteiger partial charge in [0, 0.05) is 15.5 Å². The summed E-state index contributed by atoms with van der Waals surface area (Å²) in [4.78, 5) is 0. The predicted molar refractivity (Wildman–Crippen MR) is 76.8 cm³/mol. The topological polar surface area (TPSA) is 56.0 Å². The van der Waals surface area contributed by atoms with Crippen LogP contribution in [0.5, 0.6) is 0 Å². The number of nitrogens with zero attached hydrogens (tertiary/aromatic N) is 1. The predicted octanol–water partition coefficient (Wildman–Crippen LogP) is 3.75. The van der Waals surface area contributed by atoms with E-state index in [1.54, 1.807) is 6.07 Å². The summed E-state index contributed by atoms with van der Waals surface area (Å²) < 4.78 is 1.32. The Labute approximate surface area is 126 Å². The van der Waals surface area contributed by atoms with Gasteiger partial charge < -0.3 is 10.4 Å². The summed E-state index contributed by atoms with van der Waals surface area (Å²) in [6.07, 6.45) is -0.683. The molecule has 1 aromatic rings. The quantitative estimate of drug-likeness (QED) is 0.595. The first-order chi connectivity index (χ1) is 8.01. The molecule has 0 aliphatic rings. The van der Waals surface area contributed by atoms with Crippen LogP contribution in [0.15, 0.2) is 15.0 Å². The van der Waals surface area contributed by atoms with Gasteiger partial charge in [0.15, 0.2) is 0 Å². The van der Waals surface area contributed by atoms with Crippen molar-refractivity contribution in [3.05, 3.63) is 25.6 Å². The number of rotatable bonds is 4. The minimum absolute atomic E-state index is 0.122. The Kier molecular flexibility index (Phi) is 6.04. The zero-order valence-corrected chi connectivity index (χ0v) is 13.2. The van der Waals surface area contributed by atoms with Crippen LogP contribution in [0.3, 0.4) is 0 Å². The highest BCUT2D eigenvalue weighted by Crippen LogP contribution is 2.37. The molecule has 0 aliphatic heterocycles. The van der Waals surface area contributed by atoms with Crippen molar-refractivity contribution in [3.8, 4) is 6.07 Å². The number of aliphatic hydroxyl groups excluding tert-OH is 1. The van der Waals surface area contributed by atoms with Gasteiger partial charge in [-0.1, -0.05) is 11.6 Å². The summed E-state index contributed by atoms with van der Waals surface area (Å²) in [6, 6.07) is 3.75. The maximum atomic E-state index is 9.36. The molecule has 0 aromatic heterocycles. The fraction of sp³-hybridized carbons (Fsp3) is 0.300. The molecule has 3 nitrogen and oxygen atoms in total. The van der Waals surface area contributed by atoms with E-state index in [2.05, 4.69) is 37.2 Å². The van der Waals surface area contributed by atoms with E-state index < -0.39 is 6.10 Å². The highest BCUT2D eigenvalue weighted by molar-refractivity contribution is 9.11. The number of anilines is 1. The smallest absolute Gasteiger partial charge is 0.103 e. The molecule has 0 radical (unpaired) electrons. The third-order valence-electron chi connectivity index (χ3n) is 1.98. The van der Waals surface area contributed by atoms with E-state index in [4.69, 9.17) is 28.5 Å². The van der Waals surface area contributed by atoms with Crippen molar-refractivity contribution in [1.29, 1.82) is 5.26 Å². The molecule has 0 aliphatic carbocycles. The number of aliphatic hydroxyl groups is 1. The summed E-state index contributed by atoms with van der Waals surface area (Å²) in [7, 11) is 0. The van der Waals surface area contributed by atoms with Gasteiger partial charge >= 0.3 is 0 Å². The van der Waals surface area contributed by atoms with Crippen molar-refractivity contribution in [3.63, 3.8) is 0 Å². The molecule has 17 heavy (non-hydrogen) atoms. The summed E-state index contributed by atoms with van der Waals surface area (Å²) >= 11 is 18.1. The van der Waals surface area contributed by atoms with Gasteiger partial charge in [-0.25, -0.2) is 0 Å². The lowest BCUT2D eigenvalue weighted by Gasteiger charge is -2.14. The Morgan fingerprint density at radius 1 is 1.47 bits per heavy atom. The molecule has 0 spiro atoms. The van der Waals surface area contributed by atoms with Crippen molar-refractivity contribution in [2.75, 3.05) is 17.7 Å². The average Bonchev–Trinajstić information content (AvgIpc) is 2.31. The Morgan fingerprint density at radius 3 is 2.65 bits per heavy atom. The van der Waals surface area contributed by atoms with E-state index in [9.17, 15) is 5.11 Å². The lowest BCUT2D eigenvalue weighted by Crippen LogP contribution is -2.21. The van der Waals surface area contributed by atoms with Gasteiger partial charge in [-0.3, -0.25) is 0 Å². The number of nitriles is 1. The van der Waals surface area contributed by atoms with Crippen LogP contribution in [-0.4, -0.2) is 23.6 Å². The van der Waals surface area contributed by atoms with Crippen LogP contribution in [0.4, 0.5) is 5.69 Å². The number of alkyl halides is 1. The van der Waals surface area contributed by atoms with Crippen LogP contribution in [0, 0.1) is 11.3 Å². The molecule has 1 aromatic carbocycles. The van der Waals surface area contributed by atoms with Gasteiger partial charge in [0.2, 0.25) is 0 Å². The highest BCUT2D eigenvalue weighted by Gasteiger charge is 2.15. The van der Waals surface area contributed by atoms with Gasteiger partial charge in [-0.15, -0.1) is 11.6 Å². The van der Waals surface area contributed by atoms with Crippen molar-refractivity contribution < 1.29 is 5.11 Å². The second-order valence-corrected chi connectivity index (χ2v) is 5.60. The molecule has 1 rings (SSSR count). The average molecular weight is 403 g/mol. The minimum Gasteiger partial charge on any atom is -0.390 e. The summed E-state index contributed by atoms with van der Waals surface area (Å²) in [5.74, 6) is 0.122. The molecule has 0 fully saturated rings. The van der Waals surface area contributed by atoms with E-state index in [0.717, 1.165) is 0 Å². The maximum Gasteiger partial charge on any atom is 0.103 e. The van der Waals surface area contributed by atoms with E-state index in [1.165, 1.54) is 0 Å². The molecule has 7 heteroatoms. The second kappa shape index (κ2) is 6.81. The summed E-state index contributed by atoms with van der Waals surface area (Å²) in [5, 5.41) is 21.7. The molecule has 92 valence electrons. The Balaban J connectivity index is 3.07. The largest absolute Gasteiger partial charge is 0.390 e. The van der Waals surface area contributed by atoms with E-state index in [1.807, 2.05) is 6.07 Å². The molecule has 1 unspecified atom stereocenters. The van der Waals surface area contributed by atoms with Crippen LogP contribution < -0.4 is 5.32 Å². The van der Waals surface area contributed by atoms with Gasteiger partial charge in [-0.2, -0.15) is 5.26 Å². The fourth-order valence-electron chi connectivity index (χ4n) is 1.15. The summed E-state index contributed by atoms with van der Waals surface area (Å²) in [5.41, 5.74) is 0.861. The van der Waals surface area contributed by atoms with Gasteiger partial charge in [0.25, 0.3) is 0 Å². The van der Waals surface area contributed by atoms with Crippen LogP contribution in [0.25, 0.3) is 0 Å². The first-order valence-corrected chi connectivity index (χ1v) is 7.06. The monoisotopic (exact) mass is 400 g/mol. The number of hydrogen-bond donors (Lipinski definition) is 2. The van der Waals surface area contributed by atoms with Crippen LogP contribution >= 0.6 is 55.1 Å². The van der Waals surface area contributed by atoms with Crippen molar-refractivity contribution >= 4 is 60.7 Å². The van der Waals surface area contributed by atoms with E-state index >= 15 is 0 Å².